The second-order valence-electron chi connectivity index (χ2n) is 5.50. The molecule has 0 bridgehead atoms. The van der Waals surface area contributed by atoms with Crippen LogP contribution in [0.2, 0.25) is 5.02 Å². The van der Waals surface area contributed by atoms with E-state index in [2.05, 4.69) is 5.16 Å². The zero-order valence-corrected chi connectivity index (χ0v) is 15.3. The summed E-state index contributed by atoms with van der Waals surface area (Å²) < 4.78 is 10.5. The standard InChI is InChI=1S/C18H19ClN2O4/c1-5-24-18(23)15-16(12-8-6-7-9-14(12)19)20-25-17(15)13(11(2)22)10-21(3)4/h6-10H,5H2,1-4H3/b13-10+. The average Bonchev–Trinajstić information content (AvgIpc) is 2.97. The molecule has 0 radical (unpaired) electrons. The lowest BCUT2D eigenvalue weighted by molar-refractivity contribution is -0.111. The van der Waals surface area contributed by atoms with E-state index in [4.69, 9.17) is 20.9 Å². The molecule has 7 heteroatoms. The minimum atomic E-state index is -0.625. The molecular weight excluding hydrogens is 344 g/mol. The third-order valence-corrected chi connectivity index (χ3v) is 3.64. The van der Waals surface area contributed by atoms with Crippen molar-refractivity contribution in [3.05, 3.63) is 46.8 Å². The third kappa shape index (κ3) is 4.09. The zero-order chi connectivity index (χ0) is 18.6. The molecule has 0 aliphatic carbocycles. The van der Waals surface area contributed by atoms with Gasteiger partial charge < -0.3 is 14.2 Å². The molecule has 132 valence electrons. The van der Waals surface area contributed by atoms with E-state index in [9.17, 15) is 9.59 Å². The number of ketones is 1. The van der Waals surface area contributed by atoms with Crippen LogP contribution in [0.3, 0.4) is 0 Å². The number of carbonyl (C=O) groups is 2. The first-order valence-corrected chi connectivity index (χ1v) is 8.05. The number of ether oxygens (including phenoxy) is 1. The van der Waals surface area contributed by atoms with Gasteiger partial charge in [0, 0.05) is 25.9 Å². The molecule has 0 saturated heterocycles. The van der Waals surface area contributed by atoms with Gasteiger partial charge in [-0.15, -0.1) is 0 Å². The van der Waals surface area contributed by atoms with E-state index in [0.29, 0.717) is 10.6 Å². The SMILES string of the molecule is CCOC(=O)c1c(-c2ccccc2Cl)noc1/C(=C/N(C)C)C(C)=O. The third-order valence-electron chi connectivity index (χ3n) is 3.31. The van der Waals surface area contributed by atoms with Gasteiger partial charge in [-0.25, -0.2) is 4.79 Å². The van der Waals surface area contributed by atoms with Crippen LogP contribution in [0, 0.1) is 0 Å². The van der Waals surface area contributed by atoms with Gasteiger partial charge >= 0.3 is 5.97 Å². The molecule has 25 heavy (non-hydrogen) atoms. The van der Waals surface area contributed by atoms with E-state index in [1.54, 1.807) is 56.4 Å². The molecule has 0 fully saturated rings. The zero-order valence-electron chi connectivity index (χ0n) is 14.5. The Kier molecular flexibility index (Phi) is 5.98. The predicted molar refractivity (Wildman–Crippen MR) is 95.3 cm³/mol. The van der Waals surface area contributed by atoms with Crippen LogP contribution in [0.4, 0.5) is 0 Å². The maximum absolute atomic E-state index is 12.5. The lowest BCUT2D eigenvalue weighted by Crippen LogP contribution is -2.11. The van der Waals surface area contributed by atoms with Crippen molar-refractivity contribution in [2.75, 3.05) is 20.7 Å². The molecule has 0 saturated carbocycles. The van der Waals surface area contributed by atoms with E-state index in [1.807, 2.05) is 0 Å². The lowest BCUT2D eigenvalue weighted by Gasteiger charge is -2.09. The van der Waals surface area contributed by atoms with E-state index < -0.39 is 5.97 Å². The molecule has 0 N–H and O–H groups in total. The Morgan fingerprint density at radius 3 is 2.56 bits per heavy atom. The maximum atomic E-state index is 12.5. The Balaban J connectivity index is 2.72. The van der Waals surface area contributed by atoms with Gasteiger partial charge in [-0.1, -0.05) is 35.0 Å². The monoisotopic (exact) mass is 362 g/mol. The van der Waals surface area contributed by atoms with Gasteiger partial charge in [0.25, 0.3) is 0 Å². The first kappa shape index (κ1) is 18.7. The number of allylic oxidation sites excluding steroid dienone is 1. The second kappa shape index (κ2) is 7.98. The van der Waals surface area contributed by atoms with Crippen molar-refractivity contribution in [1.82, 2.24) is 10.1 Å². The normalized spacial score (nSPS) is 11.3. The molecule has 0 atom stereocenters. The summed E-state index contributed by atoms with van der Waals surface area (Å²) in [5.74, 6) is -0.824. The number of Topliss-reactive ketones (excluding diaryl/α,β-unsaturated/α-hetero) is 1. The summed E-state index contributed by atoms with van der Waals surface area (Å²) in [6.45, 7) is 3.27. The van der Waals surface area contributed by atoms with Crippen LogP contribution in [0.25, 0.3) is 16.8 Å². The molecule has 0 spiro atoms. The summed E-state index contributed by atoms with van der Waals surface area (Å²) in [7, 11) is 3.52. The van der Waals surface area contributed by atoms with Crippen LogP contribution in [0.1, 0.15) is 30.0 Å². The number of rotatable bonds is 6. The van der Waals surface area contributed by atoms with Gasteiger partial charge in [0.1, 0.15) is 11.3 Å². The fourth-order valence-corrected chi connectivity index (χ4v) is 2.50. The average molecular weight is 363 g/mol. The number of nitrogens with zero attached hydrogens (tertiary/aromatic N) is 2. The van der Waals surface area contributed by atoms with Crippen molar-refractivity contribution in [2.24, 2.45) is 0 Å². The minimum Gasteiger partial charge on any atom is -0.462 e. The molecule has 0 amide bonds. The first-order chi connectivity index (χ1) is 11.9. The fourth-order valence-electron chi connectivity index (χ4n) is 2.27. The molecule has 2 aromatic rings. The van der Waals surface area contributed by atoms with Crippen LogP contribution < -0.4 is 0 Å². The highest BCUT2D eigenvalue weighted by Crippen LogP contribution is 2.34. The summed E-state index contributed by atoms with van der Waals surface area (Å²) in [5, 5.41) is 4.40. The van der Waals surface area contributed by atoms with Crippen molar-refractivity contribution in [3.63, 3.8) is 0 Å². The molecule has 1 aromatic carbocycles. The smallest absolute Gasteiger partial charge is 0.344 e. The van der Waals surface area contributed by atoms with Gasteiger partial charge in [0.05, 0.1) is 17.2 Å². The van der Waals surface area contributed by atoms with Gasteiger partial charge in [-0.2, -0.15) is 0 Å². The van der Waals surface area contributed by atoms with Gasteiger partial charge in [0.2, 0.25) is 0 Å². The van der Waals surface area contributed by atoms with Crippen LogP contribution in [0.15, 0.2) is 35.0 Å². The quantitative estimate of drug-likeness (QED) is 0.576. The van der Waals surface area contributed by atoms with Crippen molar-refractivity contribution < 1.29 is 18.8 Å². The number of halogens is 1. The molecular formula is C18H19ClN2O4. The Labute approximate surface area is 151 Å². The molecule has 1 aromatic heterocycles. The highest BCUT2D eigenvalue weighted by molar-refractivity contribution is 6.33. The first-order valence-electron chi connectivity index (χ1n) is 7.68. The molecule has 0 aliphatic heterocycles. The van der Waals surface area contributed by atoms with Gasteiger partial charge in [0.15, 0.2) is 11.5 Å². The Hall–Kier alpha value is -2.60. The molecule has 0 unspecified atom stereocenters. The van der Waals surface area contributed by atoms with Crippen molar-refractivity contribution >= 4 is 28.9 Å². The van der Waals surface area contributed by atoms with Crippen molar-refractivity contribution in [1.29, 1.82) is 0 Å². The van der Waals surface area contributed by atoms with E-state index in [1.165, 1.54) is 6.92 Å². The van der Waals surface area contributed by atoms with Crippen molar-refractivity contribution in [2.45, 2.75) is 13.8 Å². The van der Waals surface area contributed by atoms with Gasteiger partial charge in [-0.3, -0.25) is 4.79 Å². The van der Waals surface area contributed by atoms with Crippen LogP contribution >= 0.6 is 11.6 Å². The summed E-state index contributed by atoms with van der Waals surface area (Å²) in [6.07, 6.45) is 1.57. The molecule has 6 nitrogen and oxygen atoms in total. The van der Waals surface area contributed by atoms with Crippen LogP contribution in [-0.2, 0) is 9.53 Å². The number of benzene rings is 1. The molecule has 2 rings (SSSR count). The Morgan fingerprint density at radius 2 is 2.00 bits per heavy atom. The summed E-state index contributed by atoms with van der Waals surface area (Å²) in [5.41, 5.74) is 1.07. The molecule has 0 aliphatic rings. The fraction of sp³-hybridized carbons (Fsp3) is 0.278. The summed E-state index contributed by atoms with van der Waals surface area (Å²) in [4.78, 5) is 26.3. The number of esters is 1. The largest absolute Gasteiger partial charge is 0.462 e. The highest BCUT2D eigenvalue weighted by atomic mass is 35.5. The Bertz CT molecular complexity index is 824. The number of hydrogen-bond donors (Lipinski definition) is 0. The van der Waals surface area contributed by atoms with E-state index in [-0.39, 0.29) is 35.0 Å². The van der Waals surface area contributed by atoms with E-state index >= 15 is 0 Å². The minimum absolute atomic E-state index is 0.0644. The molecule has 1 heterocycles. The van der Waals surface area contributed by atoms with Crippen LogP contribution in [0.5, 0.6) is 0 Å². The Morgan fingerprint density at radius 1 is 1.32 bits per heavy atom. The predicted octanol–water partition coefficient (Wildman–Crippen LogP) is 3.66. The van der Waals surface area contributed by atoms with Gasteiger partial charge in [-0.05, 0) is 19.9 Å². The topological polar surface area (TPSA) is 72.6 Å². The number of carbonyl (C=O) groups excluding carboxylic acids is 2. The summed E-state index contributed by atoms with van der Waals surface area (Å²) in [6, 6.07) is 6.94. The second-order valence-corrected chi connectivity index (χ2v) is 5.91. The number of aromatic nitrogens is 1. The van der Waals surface area contributed by atoms with E-state index in [0.717, 1.165) is 0 Å². The number of hydrogen-bond acceptors (Lipinski definition) is 6. The lowest BCUT2D eigenvalue weighted by atomic mass is 10.0. The maximum Gasteiger partial charge on any atom is 0.344 e. The van der Waals surface area contributed by atoms with Crippen molar-refractivity contribution in [3.8, 4) is 11.3 Å². The highest BCUT2D eigenvalue weighted by Gasteiger charge is 2.30. The van der Waals surface area contributed by atoms with Crippen LogP contribution in [-0.4, -0.2) is 42.5 Å². The summed E-state index contributed by atoms with van der Waals surface area (Å²) >= 11 is 6.22.